The van der Waals surface area contributed by atoms with E-state index >= 15 is 0 Å². The molecule has 2 saturated heterocycles. The number of nitrogens with one attached hydrogen (secondary N) is 1. The van der Waals surface area contributed by atoms with Crippen molar-refractivity contribution in [2.24, 2.45) is 5.92 Å². The molecule has 0 saturated carbocycles. The number of amides is 1. The average Bonchev–Trinajstić information content (AvgIpc) is 2.56. The summed E-state index contributed by atoms with van der Waals surface area (Å²) in [6.45, 7) is 6.71. The van der Waals surface area contributed by atoms with Gasteiger partial charge in [0.1, 0.15) is 5.82 Å². The van der Waals surface area contributed by atoms with Gasteiger partial charge in [0, 0.05) is 38.3 Å². The minimum atomic E-state index is -0.351. The second-order valence-electron chi connectivity index (χ2n) is 6.30. The largest absolute Gasteiger partial charge is 0.336 e. The molecule has 1 amide bonds. The van der Waals surface area contributed by atoms with Crippen LogP contribution in [0.3, 0.4) is 0 Å². The summed E-state index contributed by atoms with van der Waals surface area (Å²) >= 11 is 0. The zero-order valence-corrected chi connectivity index (χ0v) is 12.9. The van der Waals surface area contributed by atoms with Crippen molar-refractivity contribution in [3.8, 4) is 0 Å². The van der Waals surface area contributed by atoms with E-state index in [-0.39, 0.29) is 11.7 Å². The summed E-state index contributed by atoms with van der Waals surface area (Å²) in [5.74, 6) is 0.378. The third-order valence-corrected chi connectivity index (χ3v) is 4.71. The summed E-state index contributed by atoms with van der Waals surface area (Å²) < 4.78 is 13.2. The fourth-order valence-electron chi connectivity index (χ4n) is 3.37. The molecular formula is C17H24FN3O. The SMILES string of the molecule is O=C(c1cccc(F)c1)N1CCN(CC2CCNCC2)CC1. The monoisotopic (exact) mass is 305 g/mol. The fraction of sp³-hybridized carbons (Fsp3) is 0.588. The number of piperidine rings is 1. The predicted molar refractivity (Wildman–Crippen MR) is 84.3 cm³/mol. The number of carbonyl (C=O) groups excluding carboxylic acids is 1. The summed E-state index contributed by atoms with van der Waals surface area (Å²) in [7, 11) is 0. The van der Waals surface area contributed by atoms with E-state index in [0.717, 1.165) is 51.7 Å². The third-order valence-electron chi connectivity index (χ3n) is 4.71. The Morgan fingerprint density at radius 3 is 2.59 bits per heavy atom. The van der Waals surface area contributed by atoms with Gasteiger partial charge in [-0.3, -0.25) is 9.69 Å². The Kier molecular flexibility index (Phi) is 5.05. The minimum Gasteiger partial charge on any atom is -0.336 e. The van der Waals surface area contributed by atoms with Crippen molar-refractivity contribution >= 4 is 5.91 Å². The van der Waals surface area contributed by atoms with Crippen LogP contribution in [0.15, 0.2) is 24.3 Å². The van der Waals surface area contributed by atoms with Gasteiger partial charge in [-0.15, -0.1) is 0 Å². The molecule has 0 radical (unpaired) electrons. The quantitative estimate of drug-likeness (QED) is 0.921. The molecule has 2 heterocycles. The molecule has 1 N–H and O–H groups in total. The maximum atomic E-state index is 13.2. The Balaban J connectivity index is 1.49. The number of halogens is 1. The molecule has 3 rings (SSSR count). The molecule has 0 atom stereocenters. The van der Waals surface area contributed by atoms with Gasteiger partial charge < -0.3 is 10.2 Å². The number of piperazine rings is 1. The first kappa shape index (κ1) is 15.4. The maximum absolute atomic E-state index is 13.2. The van der Waals surface area contributed by atoms with Crippen LogP contribution in [-0.2, 0) is 0 Å². The van der Waals surface area contributed by atoms with E-state index in [1.165, 1.54) is 25.0 Å². The van der Waals surface area contributed by atoms with Crippen LogP contribution in [0, 0.1) is 11.7 Å². The molecule has 0 spiro atoms. The predicted octanol–water partition coefficient (Wildman–Crippen LogP) is 1.58. The fourth-order valence-corrected chi connectivity index (χ4v) is 3.37. The number of nitrogens with zero attached hydrogens (tertiary/aromatic N) is 2. The lowest BCUT2D eigenvalue weighted by Crippen LogP contribution is -2.50. The molecule has 1 aromatic carbocycles. The van der Waals surface area contributed by atoms with E-state index in [1.54, 1.807) is 12.1 Å². The second kappa shape index (κ2) is 7.20. The zero-order chi connectivity index (χ0) is 15.4. The van der Waals surface area contributed by atoms with Crippen molar-refractivity contribution in [1.29, 1.82) is 0 Å². The molecule has 2 aliphatic heterocycles. The molecule has 4 nitrogen and oxygen atoms in total. The van der Waals surface area contributed by atoms with E-state index in [2.05, 4.69) is 10.2 Å². The van der Waals surface area contributed by atoms with Crippen LogP contribution in [0.2, 0.25) is 0 Å². The van der Waals surface area contributed by atoms with Gasteiger partial charge in [0.05, 0.1) is 0 Å². The highest BCUT2D eigenvalue weighted by molar-refractivity contribution is 5.94. The Morgan fingerprint density at radius 1 is 1.18 bits per heavy atom. The van der Waals surface area contributed by atoms with Gasteiger partial charge in [0.2, 0.25) is 0 Å². The Labute approximate surface area is 131 Å². The Bertz CT molecular complexity index is 508. The van der Waals surface area contributed by atoms with Gasteiger partial charge in [-0.05, 0) is 50.0 Å². The van der Waals surface area contributed by atoms with Crippen molar-refractivity contribution in [3.63, 3.8) is 0 Å². The van der Waals surface area contributed by atoms with Crippen LogP contribution in [0.4, 0.5) is 4.39 Å². The van der Waals surface area contributed by atoms with Gasteiger partial charge in [0.15, 0.2) is 0 Å². The van der Waals surface area contributed by atoms with Crippen molar-refractivity contribution in [3.05, 3.63) is 35.6 Å². The maximum Gasteiger partial charge on any atom is 0.254 e. The van der Waals surface area contributed by atoms with Crippen LogP contribution >= 0.6 is 0 Å². The molecule has 5 heteroatoms. The van der Waals surface area contributed by atoms with Crippen LogP contribution in [0.1, 0.15) is 23.2 Å². The van der Waals surface area contributed by atoms with Gasteiger partial charge in [-0.25, -0.2) is 4.39 Å². The highest BCUT2D eigenvalue weighted by atomic mass is 19.1. The molecule has 1 aromatic rings. The first-order valence-corrected chi connectivity index (χ1v) is 8.20. The molecule has 0 aliphatic carbocycles. The van der Waals surface area contributed by atoms with Crippen molar-refractivity contribution < 1.29 is 9.18 Å². The minimum absolute atomic E-state index is 0.0546. The van der Waals surface area contributed by atoms with Crippen molar-refractivity contribution in [2.75, 3.05) is 45.8 Å². The first-order valence-electron chi connectivity index (χ1n) is 8.20. The van der Waals surface area contributed by atoms with Crippen LogP contribution in [0.5, 0.6) is 0 Å². The topological polar surface area (TPSA) is 35.6 Å². The molecule has 22 heavy (non-hydrogen) atoms. The molecule has 0 bridgehead atoms. The summed E-state index contributed by atoms with van der Waals surface area (Å²) in [6, 6.07) is 5.97. The smallest absolute Gasteiger partial charge is 0.254 e. The van der Waals surface area contributed by atoms with Crippen LogP contribution < -0.4 is 5.32 Å². The number of rotatable bonds is 3. The lowest BCUT2D eigenvalue weighted by atomic mass is 9.97. The highest BCUT2D eigenvalue weighted by Gasteiger charge is 2.24. The van der Waals surface area contributed by atoms with Crippen LogP contribution in [0.25, 0.3) is 0 Å². The Hall–Kier alpha value is -1.46. The molecule has 2 fully saturated rings. The molecule has 2 aliphatic rings. The summed E-state index contributed by atoms with van der Waals surface area (Å²) in [6.07, 6.45) is 2.50. The number of benzene rings is 1. The van der Waals surface area contributed by atoms with Crippen molar-refractivity contribution in [1.82, 2.24) is 15.1 Å². The first-order chi connectivity index (χ1) is 10.7. The number of hydrogen-bond donors (Lipinski definition) is 1. The highest BCUT2D eigenvalue weighted by Crippen LogP contribution is 2.16. The summed E-state index contributed by atoms with van der Waals surface area (Å²) in [5.41, 5.74) is 0.451. The molecule has 120 valence electrons. The zero-order valence-electron chi connectivity index (χ0n) is 12.9. The normalized spacial score (nSPS) is 21.0. The molecule has 0 aromatic heterocycles. The van der Waals surface area contributed by atoms with E-state index in [4.69, 9.17) is 0 Å². The summed E-state index contributed by atoms with van der Waals surface area (Å²) in [5, 5.41) is 3.39. The average molecular weight is 305 g/mol. The van der Waals surface area contributed by atoms with Gasteiger partial charge >= 0.3 is 0 Å². The lowest BCUT2D eigenvalue weighted by molar-refractivity contribution is 0.0608. The van der Waals surface area contributed by atoms with Gasteiger partial charge in [-0.2, -0.15) is 0 Å². The van der Waals surface area contributed by atoms with E-state index in [0.29, 0.717) is 5.56 Å². The van der Waals surface area contributed by atoms with E-state index in [1.807, 2.05) is 4.90 Å². The van der Waals surface area contributed by atoms with Gasteiger partial charge in [0.25, 0.3) is 5.91 Å². The molecular weight excluding hydrogens is 281 g/mol. The van der Waals surface area contributed by atoms with E-state index < -0.39 is 0 Å². The van der Waals surface area contributed by atoms with Crippen molar-refractivity contribution in [2.45, 2.75) is 12.8 Å². The third kappa shape index (κ3) is 3.84. The van der Waals surface area contributed by atoms with E-state index in [9.17, 15) is 9.18 Å². The number of carbonyl (C=O) groups is 1. The molecule has 0 unspecified atom stereocenters. The standard InChI is InChI=1S/C17H24FN3O/c18-16-3-1-2-15(12-16)17(22)21-10-8-20(9-11-21)13-14-4-6-19-7-5-14/h1-3,12,14,19H,4-11,13H2. The second-order valence-corrected chi connectivity index (χ2v) is 6.30. The van der Waals surface area contributed by atoms with Crippen LogP contribution in [-0.4, -0.2) is 61.5 Å². The summed E-state index contributed by atoms with van der Waals surface area (Å²) in [4.78, 5) is 16.7. The lowest BCUT2D eigenvalue weighted by Gasteiger charge is -2.37. The number of hydrogen-bond acceptors (Lipinski definition) is 3. The Morgan fingerprint density at radius 2 is 1.91 bits per heavy atom. The van der Waals surface area contributed by atoms with Gasteiger partial charge in [-0.1, -0.05) is 6.07 Å².